The first-order chi connectivity index (χ1) is 12.3. The van der Waals surface area contributed by atoms with Crippen molar-refractivity contribution in [3.63, 3.8) is 0 Å². The van der Waals surface area contributed by atoms with Gasteiger partial charge in [0.25, 0.3) is 0 Å². The van der Waals surface area contributed by atoms with Crippen LogP contribution in [0.3, 0.4) is 0 Å². The predicted molar refractivity (Wildman–Crippen MR) is 104 cm³/mol. The van der Waals surface area contributed by atoms with E-state index in [2.05, 4.69) is 72.2 Å². The fraction of sp³-hybridized carbons (Fsp3) is 0.182. The Morgan fingerprint density at radius 1 is 0.920 bits per heavy atom. The van der Waals surface area contributed by atoms with Gasteiger partial charge < -0.3 is 15.0 Å². The molecule has 0 aliphatic rings. The first kappa shape index (κ1) is 15.7. The van der Waals surface area contributed by atoms with Gasteiger partial charge >= 0.3 is 0 Å². The maximum Gasteiger partial charge on any atom is 0.129 e. The molecule has 0 radical (unpaired) electrons. The summed E-state index contributed by atoms with van der Waals surface area (Å²) < 4.78 is 8.31. The van der Waals surface area contributed by atoms with Crippen molar-refractivity contribution in [2.75, 3.05) is 13.2 Å². The topological polar surface area (TPSA) is 40.2 Å². The molecule has 25 heavy (non-hydrogen) atoms. The maximum absolute atomic E-state index is 5.94. The lowest BCUT2D eigenvalue weighted by Crippen LogP contribution is -2.10. The zero-order chi connectivity index (χ0) is 17.2. The standard InChI is InChI=1S/C22H22N2O/c1-16-10-11-19-18(14-16)22-20(8-5-9-21(22)25-13-12-23)24(19)15-17-6-3-2-4-7-17/h2-11,14H,12-13,15,23H2,1H3. The van der Waals surface area contributed by atoms with Crippen molar-refractivity contribution in [1.82, 2.24) is 4.57 Å². The van der Waals surface area contributed by atoms with Gasteiger partial charge in [-0.05, 0) is 36.8 Å². The highest BCUT2D eigenvalue weighted by Gasteiger charge is 2.15. The van der Waals surface area contributed by atoms with E-state index in [0.29, 0.717) is 13.2 Å². The molecule has 3 aromatic carbocycles. The van der Waals surface area contributed by atoms with E-state index in [1.54, 1.807) is 0 Å². The molecule has 126 valence electrons. The molecule has 0 fully saturated rings. The summed E-state index contributed by atoms with van der Waals surface area (Å²) in [4.78, 5) is 0. The van der Waals surface area contributed by atoms with Crippen LogP contribution in [-0.2, 0) is 6.54 Å². The van der Waals surface area contributed by atoms with Gasteiger partial charge in [-0.1, -0.05) is 48.0 Å². The number of benzene rings is 3. The minimum atomic E-state index is 0.512. The highest BCUT2D eigenvalue weighted by atomic mass is 16.5. The molecule has 1 heterocycles. The molecule has 0 aliphatic heterocycles. The van der Waals surface area contributed by atoms with Crippen LogP contribution in [0.5, 0.6) is 5.75 Å². The number of aromatic nitrogens is 1. The summed E-state index contributed by atoms with van der Waals surface area (Å²) in [6, 6.07) is 23.4. The predicted octanol–water partition coefficient (Wildman–Crippen LogP) is 4.49. The third kappa shape index (κ3) is 2.87. The molecular weight excluding hydrogens is 308 g/mol. The molecule has 0 saturated heterocycles. The monoisotopic (exact) mass is 330 g/mol. The van der Waals surface area contributed by atoms with Crippen molar-refractivity contribution in [3.8, 4) is 5.75 Å². The molecule has 0 unspecified atom stereocenters. The highest BCUT2D eigenvalue weighted by molar-refractivity contribution is 6.11. The normalized spacial score (nSPS) is 11.3. The van der Waals surface area contributed by atoms with E-state index in [1.165, 1.54) is 32.9 Å². The maximum atomic E-state index is 5.94. The molecular formula is C22H22N2O. The molecule has 0 spiro atoms. The molecule has 3 heteroatoms. The number of nitrogens with two attached hydrogens (primary N) is 1. The molecule has 3 nitrogen and oxygen atoms in total. The Bertz CT molecular complexity index is 1020. The fourth-order valence-corrected chi connectivity index (χ4v) is 3.46. The number of ether oxygens (including phenoxy) is 1. The Hall–Kier alpha value is -2.78. The van der Waals surface area contributed by atoms with Gasteiger partial charge in [-0.15, -0.1) is 0 Å². The largest absolute Gasteiger partial charge is 0.492 e. The van der Waals surface area contributed by atoms with Crippen LogP contribution in [-0.4, -0.2) is 17.7 Å². The van der Waals surface area contributed by atoms with Crippen LogP contribution in [0.1, 0.15) is 11.1 Å². The van der Waals surface area contributed by atoms with E-state index in [9.17, 15) is 0 Å². The molecule has 2 N–H and O–H groups in total. The minimum absolute atomic E-state index is 0.512. The smallest absolute Gasteiger partial charge is 0.129 e. The highest BCUT2D eigenvalue weighted by Crippen LogP contribution is 2.36. The summed E-state index contributed by atoms with van der Waals surface area (Å²) in [7, 11) is 0. The fourth-order valence-electron chi connectivity index (χ4n) is 3.46. The van der Waals surface area contributed by atoms with E-state index in [-0.39, 0.29) is 0 Å². The Morgan fingerprint density at radius 3 is 2.56 bits per heavy atom. The second-order valence-corrected chi connectivity index (χ2v) is 6.38. The molecule has 0 saturated carbocycles. The number of aryl methyl sites for hydroxylation is 1. The van der Waals surface area contributed by atoms with E-state index in [4.69, 9.17) is 10.5 Å². The molecule has 0 aliphatic carbocycles. The lowest BCUT2D eigenvalue weighted by atomic mass is 10.1. The van der Waals surface area contributed by atoms with E-state index in [1.807, 2.05) is 6.07 Å². The molecule has 4 rings (SSSR count). The number of hydrogen-bond acceptors (Lipinski definition) is 2. The average Bonchev–Trinajstić information content (AvgIpc) is 2.94. The number of nitrogens with zero attached hydrogens (tertiary/aromatic N) is 1. The Morgan fingerprint density at radius 2 is 1.76 bits per heavy atom. The Balaban J connectivity index is 1.97. The Kier molecular flexibility index (Phi) is 4.16. The summed E-state index contributed by atoms with van der Waals surface area (Å²) in [6.07, 6.45) is 0. The lowest BCUT2D eigenvalue weighted by Gasteiger charge is -2.09. The average molecular weight is 330 g/mol. The van der Waals surface area contributed by atoms with Gasteiger partial charge in [0.05, 0.1) is 5.52 Å². The second kappa shape index (κ2) is 6.61. The van der Waals surface area contributed by atoms with E-state index >= 15 is 0 Å². The van der Waals surface area contributed by atoms with Crippen LogP contribution < -0.4 is 10.5 Å². The van der Waals surface area contributed by atoms with Crippen LogP contribution in [0.15, 0.2) is 66.7 Å². The summed E-state index contributed by atoms with van der Waals surface area (Å²) >= 11 is 0. The zero-order valence-electron chi connectivity index (χ0n) is 14.4. The third-order valence-corrected chi connectivity index (χ3v) is 4.57. The van der Waals surface area contributed by atoms with Crippen LogP contribution in [0.25, 0.3) is 21.8 Å². The van der Waals surface area contributed by atoms with E-state index in [0.717, 1.165) is 12.3 Å². The quantitative estimate of drug-likeness (QED) is 0.586. The molecule has 0 amide bonds. The molecule has 0 atom stereocenters. The van der Waals surface area contributed by atoms with Gasteiger partial charge in [0, 0.05) is 29.4 Å². The van der Waals surface area contributed by atoms with Gasteiger partial charge in [0.1, 0.15) is 12.4 Å². The lowest BCUT2D eigenvalue weighted by molar-refractivity contribution is 0.332. The van der Waals surface area contributed by atoms with Crippen molar-refractivity contribution in [2.45, 2.75) is 13.5 Å². The van der Waals surface area contributed by atoms with Gasteiger partial charge in [0.15, 0.2) is 0 Å². The Labute approximate surface area is 147 Å². The van der Waals surface area contributed by atoms with Gasteiger partial charge in [0.2, 0.25) is 0 Å². The first-order valence-corrected chi connectivity index (χ1v) is 8.66. The van der Waals surface area contributed by atoms with Crippen molar-refractivity contribution in [1.29, 1.82) is 0 Å². The van der Waals surface area contributed by atoms with Gasteiger partial charge in [-0.3, -0.25) is 0 Å². The van der Waals surface area contributed by atoms with Crippen molar-refractivity contribution < 1.29 is 4.74 Å². The molecule has 1 aromatic heterocycles. The van der Waals surface area contributed by atoms with Crippen molar-refractivity contribution >= 4 is 21.8 Å². The second-order valence-electron chi connectivity index (χ2n) is 6.38. The van der Waals surface area contributed by atoms with Crippen LogP contribution in [0, 0.1) is 6.92 Å². The zero-order valence-corrected chi connectivity index (χ0v) is 14.4. The van der Waals surface area contributed by atoms with Crippen molar-refractivity contribution in [2.24, 2.45) is 5.73 Å². The van der Waals surface area contributed by atoms with Gasteiger partial charge in [-0.25, -0.2) is 0 Å². The number of rotatable bonds is 5. The van der Waals surface area contributed by atoms with E-state index < -0.39 is 0 Å². The summed E-state index contributed by atoms with van der Waals surface area (Å²) in [6.45, 7) is 4.00. The van der Waals surface area contributed by atoms with Crippen molar-refractivity contribution in [3.05, 3.63) is 77.9 Å². The third-order valence-electron chi connectivity index (χ3n) is 4.57. The minimum Gasteiger partial charge on any atom is -0.492 e. The van der Waals surface area contributed by atoms with Crippen LogP contribution in [0.2, 0.25) is 0 Å². The number of hydrogen-bond donors (Lipinski definition) is 1. The van der Waals surface area contributed by atoms with Crippen LogP contribution in [0.4, 0.5) is 0 Å². The summed E-state index contributed by atoms with van der Waals surface area (Å²) in [5, 5.41) is 2.41. The van der Waals surface area contributed by atoms with Crippen LogP contribution >= 0.6 is 0 Å². The number of fused-ring (bicyclic) bond motifs is 3. The molecule has 0 bridgehead atoms. The summed E-state index contributed by atoms with van der Waals surface area (Å²) in [5.41, 5.74) is 10.6. The van der Waals surface area contributed by atoms with Gasteiger partial charge in [-0.2, -0.15) is 0 Å². The first-order valence-electron chi connectivity index (χ1n) is 8.66. The SMILES string of the molecule is Cc1ccc2c(c1)c1c(OCCN)cccc1n2Cc1ccccc1. The summed E-state index contributed by atoms with van der Waals surface area (Å²) in [5.74, 6) is 0.908. The molecule has 4 aromatic rings.